The minimum Gasteiger partial charge on any atom is -0.337 e. The molecule has 2 aromatic heterocycles. The zero-order valence-corrected chi connectivity index (χ0v) is 11.9. The second kappa shape index (κ2) is 4.39. The summed E-state index contributed by atoms with van der Waals surface area (Å²) in [6.45, 7) is 2.50. The minimum atomic E-state index is -0.381. The monoisotopic (exact) mass is 283 g/mol. The highest BCUT2D eigenvalue weighted by Crippen LogP contribution is 2.36. The molecule has 108 valence electrons. The Kier molecular flexibility index (Phi) is 2.62. The maximum absolute atomic E-state index is 6.23. The van der Waals surface area contributed by atoms with Crippen LogP contribution in [-0.4, -0.2) is 19.7 Å². The smallest absolute Gasteiger partial charge is 0.246 e. The van der Waals surface area contributed by atoms with E-state index in [1.165, 1.54) is 0 Å². The molecular formula is C15H17N5O. The number of benzene rings is 1. The van der Waals surface area contributed by atoms with Crippen molar-refractivity contribution in [1.82, 2.24) is 19.7 Å². The van der Waals surface area contributed by atoms with Crippen molar-refractivity contribution < 1.29 is 4.52 Å². The third kappa shape index (κ3) is 1.94. The van der Waals surface area contributed by atoms with Gasteiger partial charge in [-0.25, -0.2) is 4.98 Å². The van der Waals surface area contributed by atoms with Crippen molar-refractivity contribution in [3.8, 4) is 0 Å². The molecule has 6 nitrogen and oxygen atoms in total. The van der Waals surface area contributed by atoms with Gasteiger partial charge >= 0.3 is 0 Å². The quantitative estimate of drug-likeness (QED) is 0.796. The second-order valence-corrected chi connectivity index (χ2v) is 5.76. The molecule has 1 saturated carbocycles. The first-order valence-electron chi connectivity index (χ1n) is 7.19. The Morgan fingerprint density at radius 3 is 2.86 bits per heavy atom. The number of hydrogen-bond donors (Lipinski definition) is 1. The van der Waals surface area contributed by atoms with Crippen LogP contribution in [0.3, 0.4) is 0 Å². The highest BCUT2D eigenvalue weighted by Gasteiger charge is 2.39. The first-order valence-corrected chi connectivity index (χ1v) is 7.19. The summed E-state index contributed by atoms with van der Waals surface area (Å²) in [5, 5.41) is 4.06. The number of aromatic nitrogens is 4. The standard InChI is InChI=1S/C15H17N5O/c1-10-17-11-5-2-3-6-12(11)20(10)9-13-18-14(19-21-13)15(16)7-4-8-15/h2-3,5-6H,4,7-9,16H2,1H3. The number of nitrogens with zero attached hydrogens (tertiary/aromatic N) is 4. The van der Waals surface area contributed by atoms with E-state index >= 15 is 0 Å². The summed E-state index contributed by atoms with van der Waals surface area (Å²) in [5.74, 6) is 2.14. The van der Waals surface area contributed by atoms with Gasteiger partial charge in [-0.3, -0.25) is 0 Å². The van der Waals surface area contributed by atoms with Gasteiger partial charge in [-0.1, -0.05) is 17.3 Å². The molecule has 0 amide bonds. The lowest BCUT2D eigenvalue weighted by molar-refractivity contribution is 0.229. The fourth-order valence-corrected chi connectivity index (χ4v) is 2.83. The van der Waals surface area contributed by atoms with Crippen molar-refractivity contribution in [2.75, 3.05) is 0 Å². The number of hydrogen-bond acceptors (Lipinski definition) is 5. The molecule has 21 heavy (non-hydrogen) atoms. The van der Waals surface area contributed by atoms with Crippen LogP contribution in [0.5, 0.6) is 0 Å². The molecule has 0 atom stereocenters. The Labute approximate surface area is 122 Å². The van der Waals surface area contributed by atoms with E-state index in [9.17, 15) is 0 Å². The SMILES string of the molecule is Cc1nc2ccccc2n1Cc1nc(C2(N)CCC2)no1. The molecule has 0 radical (unpaired) electrons. The molecule has 0 bridgehead atoms. The Morgan fingerprint density at radius 2 is 2.10 bits per heavy atom. The number of aryl methyl sites for hydroxylation is 1. The van der Waals surface area contributed by atoms with E-state index in [2.05, 4.69) is 19.7 Å². The Bertz CT molecular complexity index is 799. The largest absolute Gasteiger partial charge is 0.337 e. The highest BCUT2D eigenvalue weighted by molar-refractivity contribution is 5.75. The van der Waals surface area contributed by atoms with Gasteiger partial charge in [-0.15, -0.1) is 0 Å². The molecule has 0 spiro atoms. The van der Waals surface area contributed by atoms with Crippen molar-refractivity contribution in [2.24, 2.45) is 5.73 Å². The van der Waals surface area contributed by atoms with E-state index in [1.807, 2.05) is 31.2 Å². The molecule has 0 saturated heterocycles. The van der Waals surface area contributed by atoms with Gasteiger partial charge < -0.3 is 14.8 Å². The van der Waals surface area contributed by atoms with Crippen LogP contribution in [-0.2, 0) is 12.1 Å². The molecule has 1 aromatic carbocycles. The van der Waals surface area contributed by atoms with Gasteiger partial charge in [0.1, 0.15) is 12.4 Å². The predicted octanol–water partition coefficient (Wildman–Crippen LogP) is 2.11. The van der Waals surface area contributed by atoms with Crippen LogP contribution >= 0.6 is 0 Å². The van der Waals surface area contributed by atoms with Crippen molar-refractivity contribution in [1.29, 1.82) is 0 Å². The average molecular weight is 283 g/mol. The van der Waals surface area contributed by atoms with Gasteiger partial charge in [0.25, 0.3) is 0 Å². The Balaban J connectivity index is 1.67. The summed E-state index contributed by atoms with van der Waals surface area (Å²) in [4.78, 5) is 9.02. The van der Waals surface area contributed by atoms with Gasteiger partial charge in [0.05, 0.1) is 16.6 Å². The summed E-state index contributed by atoms with van der Waals surface area (Å²) in [7, 11) is 0. The maximum atomic E-state index is 6.23. The third-order valence-electron chi connectivity index (χ3n) is 4.30. The van der Waals surface area contributed by atoms with Gasteiger partial charge in [-0.2, -0.15) is 4.98 Å². The minimum absolute atomic E-state index is 0.381. The van der Waals surface area contributed by atoms with Crippen LogP contribution < -0.4 is 5.73 Å². The molecular weight excluding hydrogens is 266 g/mol. The van der Waals surface area contributed by atoms with Crippen molar-refractivity contribution in [3.63, 3.8) is 0 Å². The molecule has 0 unspecified atom stereocenters. The summed E-state index contributed by atoms with van der Waals surface area (Å²) >= 11 is 0. The maximum Gasteiger partial charge on any atom is 0.246 e. The number of imidazole rings is 1. The lowest BCUT2D eigenvalue weighted by atomic mass is 9.77. The highest BCUT2D eigenvalue weighted by atomic mass is 16.5. The molecule has 4 rings (SSSR count). The second-order valence-electron chi connectivity index (χ2n) is 5.76. The van der Waals surface area contributed by atoms with E-state index < -0.39 is 0 Å². The molecule has 1 aliphatic carbocycles. The van der Waals surface area contributed by atoms with Crippen LogP contribution in [0.1, 0.15) is 36.8 Å². The van der Waals surface area contributed by atoms with Crippen LogP contribution in [0, 0.1) is 6.92 Å². The lowest BCUT2D eigenvalue weighted by Gasteiger charge is -2.34. The fraction of sp³-hybridized carbons (Fsp3) is 0.400. The number of nitrogens with two attached hydrogens (primary N) is 1. The van der Waals surface area contributed by atoms with Crippen LogP contribution in [0.25, 0.3) is 11.0 Å². The van der Waals surface area contributed by atoms with Crippen LogP contribution in [0.4, 0.5) is 0 Å². The van der Waals surface area contributed by atoms with E-state index in [0.717, 1.165) is 36.1 Å². The topological polar surface area (TPSA) is 82.8 Å². The van der Waals surface area contributed by atoms with Crippen LogP contribution in [0.2, 0.25) is 0 Å². The zero-order valence-electron chi connectivity index (χ0n) is 11.9. The Hall–Kier alpha value is -2.21. The van der Waals surface area contributed by atoms with Crippen molar-refractivity contribution >= 4 is 11.0 Å². The molecule has 2 N–H and O–H groups in total. The van der Waals surface area contributed by atoms with Gasteiger partial charge in [0.15, 0.2) is 5.82 Å². The average Bonchev–Trinajstić information content (AvgIpc) is 3.03. The first kappa shape index (κ1) is 12.5. The molecule has 3 aromatic rings. The molecule has 2 heterocycles. The third-order valence-corrected chi connectivity index (χ3v) is 4.30. The van der Waals surface area contributed by atoms with Crippen molar-refractivity contribution in [2.45, 2.75) is 38.3 Å². The van der Waals surface area contributed by atoms with E-state index in [-0.39, 0.29) is 5.54 Å². The number of rotatable bonds is 3. The molecule has 0 aliphatic heterocycles. The van der Waals surface area contributed by atoms with E-state index in [4.69, 9.17) is 10.3 Å². The van der Waals surface area contributed by atoms with Gasteiger partial charge in [-0.05, 0) is 38.3 Å². The summed E-state index contributed by atoms with van der Waals surface area (Å²) in [6.07, 6.45) is 2.99. The zero-order chi connectivity index (χ0) is 14.4. The van der Waals surface area contributed by atoms with E-state index in [1.54, 1.807) is 0 Å². The predicted molar refractivity (Wildman–Crippen MR) is 77.6 cm³/mol. The summed E-state index contributed by atoms with van der Waals surface area (Å²) in [6, 6.07) is 8.03. The normalized spacial score (nSPS) is 17.0. The number of para-hydroxylation sites is 2. The molecule has 1 fully saturated rings. The van der Waals surface area contributed by atoms with Gasteiger partial charge in [0.2, 0.25) is 5.89 Å². The lowest BCUT2D eigenvalue weighted by Crippen LogP contribution is -2.44. The fourth-order valence-electron chi connectivity index (χ4n) is 2.83. The Morgan fingerprint density at radius 1 is 1.29 bits per heavy atom. The summed E-state index contributed by atoms with van der Waals surface area (Å²) < 4.78 is 7.45. The van der Waals surface area contributed by atoms with Crippen molar-refractivity contribution in [3.05, 3.63) is 41.8 Å². The first-order chi connectivity index (χ1) is 10.2. The van der Waals surface area contributed by atoms with E-state index in [0.29, 0.717) is 18.3 Å². The molecule has 1 aliphatic rings. The van der Waals surface area contributed by atoms with Gasteiger partial charge in [0, 0.05) is 0 Å². The summed E-state index contributed by atoms with van der Waals surface area (Å²) in [5.41, 5.74) is 7.89. The molecule has 6 heteroatoms. The number of fused-ring (bicyclic) bond motifs is 1. The van der Waals surface area contributed by atoms with Crippen LogP contribution in [0.15, 0.2) is 28.8 Å².